The smallest absolute Gasteiger partial charge is 0.291 e. The van der Waals surface area contributed by atoms with Gasteiger partial charge in [-0.1, -0.05) is 11.3 Å². The standard InChI is InChI=1S/C23H27F2N7O4S2/c1-13-10-31(12-17(36-13)22(33)30-6-3-7-30)15-8-14(38(34,35)29-23(2)4-5-23)11-32-16(15)9-26-19(32)21-28-27-20(37-21)18(24)25/h8-9,11,13,17-18,29H,3-7,10,12H2,1-2H3/t13-,17-/m1/s1. The van der Waals surface area contributed by atoms with Gasteiger partial charge < -0.3 is 14.5 Å². The molecule has 15 heteroatoms. The highest BCUT2D eigenvalue weighted by Gasteiger charge is 2.42. The van der Waals surface area contributed by atoms with Crippen molar-refractivity contribution in [2.24, 2.45) is 0 Å². The third-order valence-corrected chi connectivity index (χ3v) is 9.68. The Labute approximate surface area is 221 Å². The molecular formula is C23H27F2N7O4S2. The van der Waals surface area contributed by atoms with Crippen molar-refractivity contribution in [3.63, 3.8) is 0 Å². The molecule has 0 unspecified atom stereocenters. The van der Waals surface area contributed by atoms with Gasteiger partial charge in [-0.2, -0.15) is 0 Å². The van der Waals surface area contributed by atoms with Gasteiger partial charge in [0.2, 0.25) is 10.0 Å². The number of pyridine rings is 1. The van der Waals surface area contributed by atoms with Gasteiger partial charge in [0, 0.05) is 31.4 Å². The summed E-state index contributed by atoms with van der Waals surface area (Å²) in [6, 6.07) is 1.57. The quantitative estimate of drug-likeness (QED) is 0.462. The van der Waals surface area contributed by atoms with Crippen LogP contribution in [0, 0.1) is 0 Å². The number of rotatable bonds is 7. The van der Waals surface area contributed by atoms with Crippen LogP contribution in [-0.4, -0.2) is 82.7 Å². The number of morpholine rings is 1. The fourth-order valence-corrected chi connectivity index (χ4v) is 6.90. The molecule has 2 atom stereocenters. The minimum atomic E-state index is -3.93. The summed E-state index contributed by atoms with van der Waals surface area (Å²) in [6.45, 7) is 5.76. The number of sulfonamides is 1. The number of fused-ring (bicyclic) bond motifs is 1. The van der Waals surface area contributed by atoms with Gasteiger partial charge in [-0.3, -0.25) is 9.20 Å². The predicted molar refractivity (Wildman–Crippen MR) is 135 cm³/mol. The average Bonchev–Trinajstić information content (AvgIpc) is 3.22. The largest absolute Gasteiger partial charge is 0.364 e. The molecule has 5 heterocycles. The Balaban J connectivity index is 1.45. The number of carbonyl (C=O) groups is 1. The van der Waals surface area contributed by atoms with E-state index in [9.17, 15) is 22.0 Å². The van der Waals surface area contributed by atoms with Crippen molar-refractivity contribution >= 4 is 38.5 Å². The second kappa shape index (κ2) is 9.17. The molecule has 3 aliphatic rings. The number of halogens is 2. The first kappa shape index (κ1) is 25.5. The number of nitrogens with zero attached hydrogens (tertiary/aromatic N) is 6. The van der Waals surface area contributed by atoms with Crippen LogP contribution in [-0.2, 0) is 19.6 Å². The number of carbonyl (C=O) groups excluding carboxylic acids is 1. The number of nitrogens with one attached hydrogen (secondary N) is 1. The van der Waals surface area contributed by atoms with Crippen molar-refractivity contribution in [3.8, 4) is 10.8 Å². The zero-order chi connectivity index (χ0) is 26.8. The SMILES string of the molecule is C[C@@H]1CN(c2cc(S(=O)(=O)NC3(C)CC3)cn3c(-c4nnc(C(F)F)s4)ncc23)C[C@H](C(=O)N2CCC2)O1. The van der Waals surface area contributed by atoms with Gasteiger partial charge in [0.25, 0.3) is 12.3 Å². The van der Waals surface area contributed by atoms with Crippen LogP contribution in [0.25, 0.3) is 16.3 Å². The molecule has 6 rings (SSSR count). The van der Waals surface area contributed by atoms with Gasteiger partial charge in [0.05, 0.1) is 30.0 Å². The third kappa shape index (κ3) is 4.65. The third-order valence-electron chi connectivity index (χ3n) is 7.15. The number of hydrogen-bond acceptors (Lipinski definition) is 9. The molecule has 0 radical (unpaired) electrons. The van der Waals surface area contributed by atoms with Gasteiger partial charge in [-0.15, -0.1) is 10.2 Å². The number of ether oxygens (including phenoxy) is 1. The number of likely N-dealkylation sites (tertiary alicyclic amines) is 1. The minimum Gasteiger partial charge on any atom is -0.364 e. The van der Waals surface area contributed by atoms with E-state index in [1.54, 1.807) is 21.6 Å². The molecule has 38 heavy (non-hydrogen) atoms. The molecule has 1 aliphatic carbocycles. The first-order chi connectivity index (χ1) is 18.0. The molecule has 1 amide bonds. The highest BCUT2D eigenvalue weighted by molar-refractivity contribution is 7.89. The fourth-order valence-electron chi connectivity index (χ4n) is 4.72. The van der Waals surface area contributed by atoms with Crippen molar-refractivity contribution < 1.29 is 26.7 Å². The van der Waals surface area contributed by atoms with Crippen LogP contribution in [0.15, 0.2) is 23.4 Å². The lowest BCUT2D eigenvalue weighted by molar-refractivity contribution is -0.151. The molecule has 11 nitrogen and oxygen atoms in total. The highest BCUT2D eigenvalue weighted by atomic mass is 32.2. The van der Waals surface area contributed by atoms with Gasteiger partial charge >= 0.3 is 0 Å². The lowest BCUT2D eigenvalue weighted by Gasteiger charge is -2.41. The molecule has 0 aromatic carbocycles. The van der Waals surface area contributed by atoms with Crippen molar-refractivity contribution in [2.75, 3.05) is 31.1 Å². The molecule has 0 spiro atoms. The summed E-state index contributed by atoms with van der Waals surface area (Å²) in [5.74, 6) is 0.119. The average molecular weight is 568 g/mol. The van der Waals surface area contributed by atoms with E-state index in [0.717, 1.165) is 19.3 Å². The number of alkyl halides is 2. The maximum absolute atomic E-state index is 13.4. The Hall–Kier alpha value is -2.75. The maximum atomic E-state index is 13.4. The molecule has 3 aromatic heterocycles. The lowest BCUT2D eigenvalue weighted by Crippen LogP contribution is -2.56. The van der Waals surface area contributed by atoms with Gasteiger partial charge in [-0.25, -0.2) is 26.9 Å². The molecule has 2 aliphatic heterocycles. The van der Waals surface area contributed by atoms with Gasteiger partial charge in [0.1, 0.15) is 4.90 Å². The van der Waals surface area contributed by atoms with E-state index in [2.05, 4.69) is 19.9 Å². The number of aromatic nitrogens is 4. The summed E-state index contributed by atoms with van der Waals surface area (Å²) in [5, 5.41) is 7.12. The number of imidazole rings is 1. The van der Waals surface area contributed by atoms with Crippen LogP contribution in [0.3, 0.4) is 0 Å². The highest BCUT2D eigenvalue weighted by Crippen LogP contribution is 2.38. The van der Waals surface area contributed by atoms with E-state index in [0.29, 0.717) is 42.2 Å². The van der Waals surface area contributed by atoms with Crippen LogP contribution in [0.1, 0.15) is 44.5 Å². The van der Waals surface area contributed by atoms with Crippen LogP contribution in [0.2, 0.25) is 0 Å². The van der Waals surface area contributed by atoms with Gasteiger partial charge in [-0.05, 0) is 39.2 Å². The number of anilines is 1. The van der Waals surface area contributed by atoms with Crippen LogP contribution in [0.4, 0.5) is 14.5 Å². The Morgan fingerprint density at radius 2 is 2.03 bits per heavy atom. The molecule has 1 N–H and O–H groups in total. The predicted octanol–water partition coefficient (Wildman–Crippen LogP) is 2.45. The summed E-state index contributed by atoms with van der Waals surface area (Å²) >= 11 is 0.701. The topological polar surface area (TPSA) is 122 Å². The van der Waals surface area contributed by atoms with Crippen molar-refractivity contribution in [1.29, 1.82) is 0 Å². The summed E-state index contributed by atoms with van der Waals surface area (Å²) < 4.78 is 63.5. The van der Waals surface area contributed by atoms with Crippen molar-refractivity contribution in [2.45, 2.75) is 62.2 Å². The zero-order valence-corrected chi connectivity index (χ0v) is 22.4. The zero-order valence-electron chi connectivity index (χ0n) is 20.8. The minimum absolute atomic E-state index is 0.00395. The number of amides is 1. The second-order valence-electron chi connectivity index (χ2n) is 10.3. The summed E-state index contributed by atoms with van der Waals surface area (Å²) in [7, 11) is -3.93. The molecule has 3 fully saturated rings. The Kier molecular flexibility index (Phi) is 6.16. The molecule has 2 saturated heterocycles. The Morgan fingerprint density at radius 3 is 2.66 bits per heavy atom. The van der Waals surface area contributed by atoms with Crippen molar-refractivity contribution in [3.05, 3.63) is 23.5 Å². The van der Waals surface area contributed by atoms with E-state index in [-0.39, 0.29) is 34.3 Å². The van der Waals surface area contributed by atoms with E-state index >= 15 is 0 Å². The van der Waals surface area contributed by atoms with E-state index in [1.165, 1.54) is 6.20 Å². The van der Waals surface area contributed by atoms with Crippen LogP contribution < -0.4 is 9.62 Å². The summed E-state index contributed by atoms with van der Waals surface area (Å²) in [4.78, 5) is 21.1. The molecule has 1 saturated carbocycles. The van der Waals surface area contributed by atoms with Crippen molar-refractivity contribution in [1.82, 2.24) is 29.2 Å². The molecule has 204 valence electrons. The maximum Gasteiger partial charge on any atom is 0.291 e. The van der Waals surface area contributed by atoms with Gasteiger partial charge in [0.15, 0.2) is 21.9 Å². The Bertz CT molecular complexity index is 1500. The van der Waals surface area contributed by atoms with E-state index in [1.807, 2.05) is 18.7 Å². The van der Waals surface area contributed by atoms with Crippen LogP contribution in [0.5, 0.6) is 0 Å². The van der Waals surface area contributed by atoms with E-state index < -0.39 is 33.1 Å². The summed E-state index contributed by atoms with van der Waals surface area (Å²) in [6.07, 6.45) is 1.64. The van der Waals surface area contributed by atoms with E-state index in [4.69, 9.17) is 4.74 Å². The fraction of sp³-hybridized carbons (Fsp3) is 0.565. The molecule has 0 bridgehead atoms. The second-order valence-corrected chi connectivity index (χ2v) is 13.0. The monoisotopic (exact) mass is 567 g/mol. The van der Waals surface area contributed by atoms with Crippen LogP contribution >= 0.6 is 11.3 Å². The normalized spacial score (nSPS) is 23.2. The first-order valence-corrected chi connectivity index (χ1v) is 14.7. The Morgan fingerprint density at radius 1 is 1.26 bits per heavy atom. The first-order valence-electron chi connectivity index (χ1n) is 12.4. The number of hydrogen-bond donors (Lipinski definition) is 1. The summed E-state index contributed by atoms with van der Waals surface area (Å²) in [5.41, 5.74) is 0.594. The molecule has 3 aromatic rings. The lowest BCUT2D eigenvalue weighted by atomic mass is 10.1. The molecular weight excluding hydrogens is 540 g/mol.